The Balaban J connectivity index is 5.20. The van der Waals surface area contributed by atoms with Crippen LogP contribution in [0.4, 0.5) is 4.79 Å². The summed E-state index contributed by atoms with van der Waals surface area (Å²) < 4.78 is 9.64. The van der Waals surface area contributed by atoms with Crippen molar-refractivity contribution in [2.45, 2.75) is 77.0 Å². The summed E-state index contributed by atoms with van der Waals surface area (Å²) in [4.78, 5) is 36.4. The molecule has 8 nitrogen and oxygen atoms in total. The van der Waals surface area contributed by atoms with Crippen LogP contribution in [-0.2, 0) is 19.1 Å². The van der Waals surface area contributed by atoms with Crippen molar-refractivity contribution in [2.24, 2.45) is 0 Å². The second-order valence-electron chi connectivity index (χ2n) is 7.87. The first-order chi connectivity index (χ1) is 11.7. The molecule has 2 amide bonds. The number of thioether (sulfide) groups is 1. The summed E-state index contributed by atoms with van der Waals surface area (Å²) >= 11 is 1.47. The van der Waals surface area contributed by atoms with Crippen molar-refractivity contribution in [3.63, 3.8) is 0 Å². The van der Waals surface area contributed by atoms with Crippen molar-refractivity contribution in [1.82, 2.24) is 10.6 Å². The molecule has 0 saturated carbocycles. The van der Waals surface area contributed by atoms with Gasteiger partial charge in [-0.3, -0.25) is 4.79 Å². The number of nitrogens with one attached hydrogen (secondary N) is 2. The predicted octanol–water partition coefficient (Wildman–Crippen LogP) is 1.45. The van der Waals surface area contributed by atoms with Gasteiger partial charge in [0, 0.05) is 10.5 Å². The third-order valence-electron chi connectivity index (χ3n) is 2.93. The number of aliphatic hydroxyl groups is 1. The number of carbonyl (C=O) groups is 3. The van der Waals surface area contributed by atoms with Crippen LogP contribution in [0.15, 0.2) is 0 Å². The van der Waals surface area contributed by atoms with Gasteiger partial charge in [0.1, 0.15) is 11.6 Å². The van der Waals surface area contributed by atoms with E-state index in [0.717, 1.165) is 7.11 Å². The van der Waals surface area contributed by atoms with Crippen LogP contribution in [0.2, 0.25) is 0 Å². The van der Waals surface area contributed by atoms with Crippen LogP contribution < -0.4 is 10.6 Å². The number of aliphatic hydroxyl groups excluding tert-OH is 1. The Morgan fingerprint density at radius 1 is 1.08 bits per heavy atom. The van der Waals surface area contributed by atoms with Crippen LogP contribution in [0.5, 0.6) is 0 Å². The van der Waals surface area contributed by atoms with E-state index >= 15 is 0 Å². The molecule has 3 N–H and O–H groups in total. The standard InChI is InChI=1S/C17H32N2O6S/c1-10(20)12(14(22)24-8)19-13(21)11(9-26-17(5,6)7)18-15(23)25-16(2,3)4/h10-12,20H,9H2,1-8H3,(H,18,23)(H,19,21)/t10-,11+,12+/m1/s1. The molecule has 0 radical (unpaired) electrons. The first kappa shape index (κ1) is 24.5. The van der Waals surface area contributed by atoms with E-state index in [1.54, 1.807) is 20.8 Å². The number of rotatable bonds is 7. The number of ether oxygens (including phenoxy) is 2. The van der Waals surface area contributed by atoms with Crippen LogP contribution >= 0.6 is 11.8 Å². The molecule has 0 aromatic carbocycles. The first-order valence-electron chi connectivity index (χ1n) is 8.36. The highest BCUT2D eigenvalue weighted by Gasteiger charge is 2.32. The van der Waals surface area contributed by atoms with Gasteiger partial charge < -0.3 is 25.2 Å². The van der Waals surface area contributed by atoms with E-state index in [1.165, 1.54) is 18.7 Å². The zero-order chi connectivity index (χ0) is 20.7. The van der Waals surface area contributed by atoms with Gasteiger partial charge in [0.2, 0.25) is 5.91 Å². The molecule has 9 heteroatoms. The molecule has 0 fully saturated rings. The third kappa shape index (κ3) is 10.5. The topological polar surface area (TPSA) is 114 Å². The van der Waals surface area contributed by atoms with Gasteiger partial charge in [-0.25, -0.2) is 9.59 Å². The van der Waals surface area contributed by atoms with E-state index in [1.807, 2.05) is 20.8 Å². The third-order valence-corrected chi connectivity index (χ3v) is 4.29. The van der Waals surface area contributed by atoms with E-state index in [0.29, 0.717) is 0 Å². The summed E-state index contributed by atoms with van der Waals surface area (Å²) in [6, 6.07) is -2.17. The van der Waals surface area contributed by atoms with E-state index < -0.39 is 41.8 Å². The van der Waals surface area contributed by atoms with Crippen molar-refractivity contribution >= 4 is 29.7 Å². The van der Waals surface area contributed by atoms with Gasteiger partial charge in [0.25, 0.3) is 0 Å². The second-order valence-corrected chi connectivity index (χ2v) is 9.72. The number of carbonyl (C=O) groups excluding carboxylic acids is 3. The maximum absolute atomic E-state index is 12.6. The average Bonchev–Trinajstić information content (AvgIpc) is 2.44. The van der Waals surface area contributed by atoms with Gasteiger partial charge in [-0.05, 0) is 27.7 Å². The quantitative estimate of drug-likeness (QED) is 0.562. The molecule has 0 aliphatic rings. The van der Waals surface area contributed by atoms with Crippen molar-refractivity contribution in [3.8, 4) is 0 Å². The predicted molar refractivity (Wildman–Crippen MR) is 101 cm³/mol. The summed E-state index contributed by atoms with van der Waals surface area (Å²) in [5, 5.41) is 14.6. The van der Waals surface area contributed by atoms with E-state index in [2.05, 4.69) is 15.4 Å². The van der Waals surface area contributed by atoms with Gasteiger partial charge in [0.15, 0.2) is 6.04 Å². The number of esters is 1. The van der Waals surface area contributed by atoms with E-state index in [9.17, 15) is 19.5 Å². The number of alkyl carbamates (subject to hydrolysis) is 1. The minimum absolute atomic E-state index is 0.139. The number of methoxy groups -OCH3 is 1. The lowest BCUT2D eigenvalue weighted by molar-refractivity contribution is -0.148. The van der Waals surface area contributed by atoms with Crippen LogP contribution in [0, 0.1) is 0 Å². The molecule has 0 unspecified atom stereocenters. The molecule has 0 rings (SSSR count). The molecule has 26 heavy (non-hydrogen) atoms. The summed E-state index contributed by atoms with van der Waals surface area (Å²) in [6.45, 7) is 12.4. The maximum Gasteiger partial charge on any atom is 0.408 e. The lowest BCUT2D eigenvalue weighted by atomic mass is 10.1. The van der Waals surface area contributed by atoms with Crippen LogP contribution in [0.1, 0.15) is 48.5 Å². The summed E-state index contributed by atoms with van der Waals surface area (Å²) in [6.07, 6.45) is -1.89. The molecule has 0 spiro atoms. The monoisotopic (exact) mass is 392 g/mol. The molecule has 0 saturated heterocycles. The lowest BCUT2D eigenvalue weighted by Crippen LogP contribution is -2.56. The zero-order valence-electron chi connectivity index (χ0n) is 16.8. The fraction of sp³-hybridized carbons (Fsp3) is 0.824. The summed E-state index contributed by atoms with van der Waals surface area (Å²) in [7, 11) is 1.16. The van der Waals surface area contributed by atoms with Crippen LogP contribution in [-0.4, -0.2) is 64.5 Å². The normalized spacial score (nSPS) is 15.4. The Bertz CT molecular complexity index is 496. The van der Waals surface area contributed by atoms with Crippen LogP contribution in [0.25, 0.3) is 0 Å². The summed E-state index contributed by atoms with van der Waals surface area (Å²) in [5.41, 5.74) is -0.712. The second kappa shape index (κ2) is 10.0. The Kier molecular flexibility index (Phi) is 9.44. The molecule has 0 aromatic rings. The Labute approximate surface area is 159 Å². The maximum atomic E-state index is 12.6. The number of hydrogen-bond donors (Lipinski definition) is 3. The molecule has 3 atom stereocenters. The highest BCUT2D eigenvalue weighted by atomic mass is 32.2. The number of hydrogen-bond acceptors (Lipinski definition) is 7. The molecular formula is C17H32N2O6S. The van der Waals surface area contributed by atoms with Gasteiger partial charge in [-0.15, -0.1) is 0 Å². The SMILES string of the molecule is COC(=O)[C@@H](NC(=O)[C@H](CSC(C)(C)C)NC(=O)OC(C)(C)C)[C@@H](C)O. The van der Waals surface area contributed by atoms with Crippen LogP contribution in [0.3, 0.4) is 0 Å². The fourth-order valence-corrected chi connectivity index (χ4v) is 2.62. The molecule has 152 valence electrons. The average molecular weight is 393 g/mol. The van der Waals surface area contributed by atoms with Crippen molar-refractivity contribution in [3.05, 3.63) is 0 Å². The highest BCUT2D eigenvalue weighted by Crippen LogP contribution is 2.24. The Hall–Kier alpha value is -1.48. The molecule has 0 aromatic heterocycles. The fourth-order valence-electron chi connectivity index (χ4n) is 1.72. The van der Waals surface area contributed by atoms with Crippen molar-refractivity contribution in [2.75, 3.05) is 12.9 Å². The van der Waals surface area contributed by atoms with Gasteiger partial charge in [-0.1, -0.05) is 20.8 Å². The minimum atomic E-state index is -1.23. The van der Waals surface area contributed by atoms with Gasteiger partial charge in [-0.2, -0.15) is 11.8 Å². The lowest BCUT2D eigenvalue weighted by Gasteiger charge is -2.27. The summed E-state index contributed by atoms with van der Waals surface area (Å²) in [5.74, 6) is -1.11. The first-order valence-corrected chi connectivity index (χ1v) is 9.34. The number of amides is 2. The molecule has 0 heterocycles. The molecule has 0 aliphatic heterocycles. The van der Waals surface area contributed by atoms with Gasteiger partial charge in [0.05, 0.1) is 13.2 Å². The van der Waals surface area contributed by atoms with Gasteiger partial charge >= 0.3 is 12.1 Å². The molecular weight excluding hydrogens is 360 g/mol. The van der Waals surface area contributed by atoms with Crippen molar-refractivity contribution < 1.29 is 29.0 Å². The molecule has 0 bridgehead atoms. The molecule has 0 aliphatic carbocycles. The highest BCUT2D eigenvalue weighted by molar-refractivity contribution is 8.00. The minimum Gasteiger partial charge on any atom is -0.467 e. The smallest absolute Gasteiger partial charge is 0.408 e. The van der Waals surface area contributed by atoms with Crippen molar-refractivity contribution in [1.29, 1.82) is 0 Å². The Morgan fingerprint density at radius 2 is 1.62 bits per heavy atom. The van der Waals surface area contributed by atoms with E-state index in [4.69, 9.17) is 4.74 Å². The zero-order valence-corrected chi connectivity index (χ0v) is 17.7. The largest absolute Gasteiger partial charge is 0.467 e. The van der Waals surface area contributed by atoms with E-state index in [-0.39, 0.29) is 10.5 Å². The Morgan fingerprint density at radius 3 is 2.00 bits per heavy atom.